The van der Waals surface area contributed by atoms with Crippen LogP contribution in [0.25, 0.3) is 0 Å². The molecule has 1 unspecified atom stereocenters. The van der Waals surface area contributed by atoms with Gasteiger partial charge in [-0.25, -0.2) is 0 Å². The zero-order chi connectivity index (χ0) is 14.5. The number of rotatable bonds is 4. The molecule has 2 rings (SSSR count). The van der Waals surface area contributed by atoms with E-state index in [-0.39, 0.29) is 11.9 Å². The highest BCUT2D eigenvalue weighted by Gasteiger charge is 2.20. The summed E-state index contributed by atoms with van der Waals surface area (Å²) in [6.07, 6.45) is 0.507. The van der Waals surface area contributed by atoms with Crippen molar-refractivity contribution >= 4 is 35.0 Å². The van der Waals surface area contributed by atoms with Crippen LogP contribution in [0.5, 0.6) is 5.75 Å². The van der Waals surface area contributed by atoms with Crippen LogP contribution in [0.15, 0.2) is 18.2 Å². The molecule has 0 saturated carbocycles. The van der Waals surface area contributed by atoms with Gasteiger partial charge in [-0.3, -0.25) is 4.79 Å². The van der Waals surface area contributed by atoms with E-state index in [2.05, 4.69) is 5.32 Å². The molecule has 4 nitrogen and oxygen atoms in total. The number of anilines is 1. The van der Waals surface area contributed by atoms with Crippen LogP contribution in [0.1, 0.15) is 6.42 Å². The molecule has 1 heterocycles. The summed E-state index contributed by atoms with van der Waals surface area (Å²) in [5.74, 6) is 2.81. The first-order chi connectivity index (χ1) is 9.61. The number of ether oxygens (including phenoxy) is 1. The Morgan fingerprint density at radius 1 is 1.60 bits per heavy atom. The van der Waals surface area contributed by atoms with Gasteiger partial charge in [0.1, 0.15) is 5.75 Å². The molecule has 0 spiro atoms. The summed E-state index contributed by atoms with van der Waals surface area (Å²) in [6, 6.07) is 5.63. The number of thioether (sulfide) groups is 1. The van der Waals surface area contributed by atoms with Crippen molar-refractivity contribution in [2.75, 3.05) is 37.1 Å². The lowest BCUT2D eigenvalue weighted by Crippen LogP contribution is -2.41. The van der Waals surface area contributed by atoms with Crippen LogP contribution in [0.4, 0.5) is 5.69 Å². The second-order valence-electron chi connectivity index (χ2n) is 4.70. The number of nitrogens with zero attached hydrogens (tertiary/aromatic N) is 1. The van der Waals surface area contributed by atoms with Gasteiger partial charge in [-0.2, -0.15) is 11.8 Å². The average molecular weight is 315 g/mol. The van der Waals surface area contributed by atoms with Crippen LogP contribution >= 0.6 is 23.4 Å². The molecule has 1 atom stereocenters. The molecule has 20 heavy (non-hydrogen) atoms. The molecule has 1 aliphatic heterocycles. The van der Waals surface area contributed by atoms with E-state index in [1.807, 2.05) is 17.8 Å². The fourth-order valence-electron chi connectivity index (χ4n) is 2.11. The van der Waals surface area contributed by atoms with Crippen molar-refractivity contribution in [3.8, 4) is 5.75 Å². The second kappa shape index (κ2) is 7.20. The van der Waals surface area contributed by atoms with Crippen LogP contribution in [-0.4, -0.2) is 44.2 Å². The van der Waals surface area contributed by atoms with E-state index in [4.69, 9.17) is 16.3 Å². The minimum absolute atomic E-state index is 0.0891. The molecule has 1 aromatic rings. The smallest absolute Gasteiger partial charge is 0.228 e. The van der Waals surface area contributed by atoms with Crippen molar-refractivity contribution in [1.29, 1.82) is 0 Å². The van der Waals surface area contributed by atoms with E-state index in [1.165, 1.54) is 0 Å². The number of hydrogen-bond donors (Lipinski definition) is 1. The molecule has 1 N–H and O–H groups in total. The molecule has 1 amide bonds. The summed E-state index contributed by atoms with van der Waals surface area (Å²) in [7, 11) is 3.35. The maximum absolute atomic E-state index is 12.3. The lowest BCUT2D eigenvalue weighted by Gasteiger charge is -2.25. The van der Waals surface area contributed by atoms with Gasteiger partial charge >= 0.3 is 0 Å². The lowest BCUT2D eigenvalue weighted by molar-refractivity contribution is -0.118. The predicted molar refractivity (Wildman–Crippen MR) is 85.1 cm³/mol. The average Bonchev–Trinajstić information content (AvgIpc) is 2.47. The number of carbonyl (C=O) groups excluding carboxylic acids is 1. The molecule has 1 saturated heterocycles. The minimum atomic E-state index is 0.0891. The standard InChI is InChI=1S/C14H19ClN2O2S/c1-17(11-3-4-13(19-2)12(15)8-11)14(18)7-10-9-20-6-5-16-10/h3-4,8,10,16H,5-7,9H2,1-2H3. The third kappa shape index (κ3) is 3.81. The normalized spacial score (nSPS) is 18.6. The number of amides is 1. The Balaban J connectivity index is 2.00. The van der Waals surface area contributed by atoms with Crippen molar-refractivity contribution in [3.63, 3.8) is 0 Å². The molecule has 0 aromatic heterocycles. The van der Waals surface area contributed by atoms with Crippen LogP contribution in [0.2, 0.25) is 5.02 Å². The number of benzene rings is 1. The van der Waals surface area contributed by atoms with Crippen molar-refractivity contribution in [2.24, 2.45) is 0 Å². The van der Waals surface area contributed by atoms with Crippen LogP contribution in [-0.2, 0) is 4.79 Å². The monoisotopic (exact) mass is 314 g/mol. The molecule has 0 radical (unpaired) electrons. The molecule has 1 aromatic carbocycles. The predicted octanol–water partition coefficient (Wildman–Crippen LogP) is 2.41. The van der Waals surface area contributed by atoms with E-state index >= 15 is 0 Å². The lowest BCUT2D eigenvalue weighted by atomic mass is 10.2. The van der Waals surface area contributed by atoms with E-state index in [1.54, 1.807) is 31.2 Å². The Morgan fingerprint density at radius 3 is 3.00 bits per heavy atom. The van der Waals surface area contributed by atoms with E-state index in [9.17, 15) is 4.79 Å². The molecule has 6 heteroatoms. The summed E-state index contributed by atoms with van der Waals surface area (Å²) in [4.78, 5) is 13.9. The molecular formula is C14H19ClN2O2S. The Labute approximate surface area is 128 Å². The minimum Gasteiger partial charge on any atom is -0.495 e. The van der Waals surface area contributed by atoms with Gasteiger partial charge in [-0.1, -0.05) is 11.6 Å². The molecule has 0 bridgehead atoms. The maximum atomic E-state index is 12.3. The first-order valence-corrected chi connectivity index (χ1v) is 8.06. The van der Waals surface area contributed by atoms with Gasteiger partial charge in [0.2, 0.25) is 5.91 Å². The fraction of sp³-hybridized carbons (Fsp3) is 0.500. The summed E-state index contributed by atoms with van der Waals surface area (Å²) >= 11 is 7.98. The number of hydrogen-bond acceptors (Lipinski definition) is 4. The third-order valence-electron chi connectivity index (χ3n) is 3.32. The summed E-state index contributed by atoms with van der Waals surface area (Å²) in [5, 5.41) is 3.88. The molecule has 1 aliphatic rings. The van der Waals surface area contributed by atoms with Gasteiger partial charge < -0.3 is 15.0 Å². The van der Waals surface area contributed by atoms with Gasteiger partial charge in [0.15, 0.2) is 0 Å². The van der Waals surface area contributed by atoms with Crippen molar-refractivity contribution in [2.45, 2.75) is 12.5 Å². The first-order valence-electron chi connectivity index (χ1n) is 6.53. The SMILES string of the molecule is COc1ccc(N(C)C(=O)CC2CSCCN2)cc1Cl. The van der Waals surface area contributed by atoms with Gasteiger partial charge in [-0.05, 0) is 18.2 Å². The summed E-state index contributed by atoms with van der Waals surface area (Å²) < 4.78 is 5.11. The zero-order valence-electron chi connectivity index (χ0n) is 11.7. The molecule has 0 aliphatic carbocycles. The summed E-state index contributed by atoms with van der Waals surface area (Å²) in [6.45, 7) is 0.973. The highest BCUT2D eigenvalue weighted by atomic mass is 35.5. The second-order valence-corrected chi connectivity index (χ2v) is 6.26. The topological polar surface area (TPSA) is 41.6 Å². The van der Waals surface area contributed by atoms with Crippen molar-refractivity contribution in [3.05, 3.63) is 23.2 Å². The summed E-state index contributed by atoms with van der Waals surface area (Å²) in [5.41, 5.74) is 0.782. The Morgan fingerprint density at radius 2 is 2.40 bits per heavy atom. The van der Waals surface area contributed by atoms with Gasteiger partial charge in [0.05, 0.1) is 12.1 Å². The molecular weight excluding hydrogens is 296 g/mol. The van der Waals surface area contributed by atoms with E-state index in [0.29, 0.717) is 17.2 Å². The van der Waals surface area contributed by atoms with E-state index in [0.717, 1.165) is 23.7 Å². The zero-order valence-corrected chi connectivity index (χ0v) is 13.3. The highest BCUT2D eigenvalue weighted by Crippen LogP contribution is 2.29. The molecule has 1 fully saturated rings. The largest absolute Gasteiger partial charge is 0.495 e. The number of methoxy groups -OCH3 is 1. The van der Waals surface area contributed by atoms with Crippen LogP contribution < -0.4 is 15.0 Å². The Hall–Kier alpha value is -0.910. The van der Waals surface area contributed by atoms with Crippen LogP contribution in [0, 0.1) is 0 Å². The van der Waals surface area contributed by atoms with Crippen molar-refractivity contribution in [1.82, 2.24) is 5.32 Å². The third-order valence-corrected chi connectivity index (χ3v) is 4.74. The maximum Gasteiger partial charge on any atom is 0.228 e. The van der Waals surface area contributed by atoms with Gasteiger partial charge in [-0.15, -0.1) is 0 Å². The fourth-order valence-corrected chi connectivity index (χ4v) is 3.31. The number of halogens is 1. The first kappa shape index (κ1) is 15.5. The highest BCUT2D eigenvalue weighted by molar-refractivity contribution is 7.99. The van der Waals surface area contributed by atoms with Gasteiger partial charge in [0.25, 0.3) is 0 Å². The number of nitrogens with one attached hydrogen (secondary N) is 1. The molecule has 110 valence electrons. The quantitative estimate of drug-likeness (QED) is 0.926. The van der Waals surface area contributed by atoms with Crippen LogP contribution in [0.3, 0.4) is 0 Å². The Kier molecular flexibility index (Phi) is 5.57. The number of carbonyl (C=O) groups is 1. The Bertz CT molecular complexity index is 478. The van der Waals surface area contributed by atoms with Gasteiger partial charge in [0, 0.05) is 43.2 Å². The van der Waals surface area contributed by atoms with Crippen molar-refractivity contribution < 1.29 is 9.53 Å². The van der Waals surface area contributed by atoms with E-state index < -0.39 is 0 Å².